The van der Waals surface area contributed by atoms with Gasteiger partial charge in [-0.2, -0.15) is 0 Å². The van der Waals surface area contributed by atoms with E-state index in [-0.39, 0.29) is 5.56 Å². The van der Waals surface area contributed by atoms with Crippen molar-refractivity contribution >= 4 is 10.9 Å². The smallest absolute Gasteiger partial charge is 0.253 e. The van der Waals surface area contributed by atoms with Gasteiger partial charge in [0.1, 0.15) is 11.8 Å². The summed E-state index contributed by atoms with van der Waals surface area (Å²) in [6.45, 7) is 3.51. The van der Waals surface area contributed by atoms with Crippen molar-refractivity contribution in [2.45, 2.75) is 12.6 Å². The molecule has 10 heteroatoms. The van der Waals surface area contributed by atoms with Gasteiger partial charge < -0.3 is 19.2 Å². The van der Waals surface area contributed by atoms with Crippen LogP contribution in [0.15, 0.2) is 29.1 Å². The molecule has 0 spiro atoms. The normalized spacial score (nSPS) is 16.2. The first-order chi connectivity index (χ1) is 14.2. The third-order valence-corrected chi connectivity index (χ3v) is 5.10. The maximum Gasteiger partial charge on any atom is 0.253 e. The molecule has 4 rings (SSSR count). The van der Waals surface area contributed by atoms with Crippen LogP contribution in [0, 0.1) is 0 Å². The number of methoxy groups -OCH3 is 2. The van der Waals surface area contributed by atoms with Crippen molar-refractivity contribution in [3.05, 3.63) is 46.0 Å². The molecule has 3 aromatic rings. The molecule has 0 amide bonds. The number of benzene rings is 1. The number of aromatic amines is 1. The number of pyridine rings is 1. The van der Waals surface area contributed by atoms with Gasteiger partial charge in [-0.05, 0) is 34.7 Å². The van der Waals surface area contributed by atoms with E-state index < -0.39 is 6.04 Å². The lowest BCUT2D eigenvalue weighted by atomic mass is 10.0. The topological polar surface area (TPSA) is 107 Å². The third-order valence-electron chi connectivity index (χ3n) is 5.10. The van der Waals surface area contributed by atoms with Gasteiger partial charge in [0.25, 0.3) is 5.56 Å². The van der Waals surface area contributed by atoms with E-state index >= 15 is 0 Å². The number of tetrazole rings is 1. The summed E-state index contributed by atoms with van der Waals surface area (Å²) >= 11 is 0. The van der Waals surface area contributed by atoms with E-state index in [4.69, 9.17) is 14.2 Å². The highest BCUT2D eigenvalue weighted by Crippen LogP contribution is 2.28. The van der Waals surface area contributed by atoms with Gasteiger partial charge in [0.05, 0.1) is 33.5 Å². The van der Waals surface area contributed by atoms with Gasteiger partial charge in [-0.25, -0.2) is 4.68 Å². The molecule has 0 aliphatic carbocycles. The minimum atomic E-state index is -0.398. The Morgan fingerprint density at radius 2 is 2.07 bits per heavy atom. The van der Waals surface area contributed by atoms with Gasteiger partial charge in [0, 0.05) is 36.7 Å². The van der Waals surface area contributed by atoms with Crippen molar-refractivity contribution in [2.24, 2.45) is 0 Å². The minimum Gasteiger partial charge on any atom is -0.497 e. The number of nitrogens with one attached hydrogen (secondary N) is 1. The molecular formula is C19H24N6O4. The van der Waals surface area contributed by atoms with Crippen LogP contribution in [-0.4, -0.2) is 77.2 Å². The summed E-state index contributed by atoms with van der Waals surface area (Å²) in [5.74, 6) is 1.33. The summed E-state index contributed by atoms with van der Waals surface area (Å²) in [6, 6.07) is 7.06. The van der Waals surface area contributed by atoms with Gasteiger partial charge >= 0.3 is 0 Å². The fourth-order valence-corrected chi connectivity index (χ4v) is 3.61. The highest BCUT2D eigenvalue weighted by atomic mass is 16.5. The lowest BCUT2D eigenvalue weighted by Gasteiger charge is -2.33. The predicted octanol–water partition coefficient (Wildman–Crippen LogP) is 0.591. The monoisotopic (exact) mass is 400 g/mol. The van der Waals surface area contributed by atoms with E-state index in [0.717, 1.165) is 16.7 Å². The number of morpholine rings is 1. The molecule has 0 radical (unpaired) electrons. The van der Waals surface area contributed by atoms with E-state index in [1.54, 1.807) is 18.9 Å². The Kier molecular flexibility index (Phi) is 5.84. The van der Waals surface area contributed by atoms with Gasteiger partial charge in [-0.3, -0.25) is 9.69 Å². The summed E-state index contributed by atoms with van der Waals surface area (Å²) < 4.78 is 17.7. The van der Waals surface area contributed by atoms with Crippen molar-refractivity contribution in [1.82, 2.24) is 30.1 Å². The molecule has 10 nitrogen and oxygen atoms in total. The van der Waals surface area contributed by atoms with Crippen molar-refractivity contribution in [2.75, 3.05) is 47.1 Å². The summed E-state index contributed by atoms with van der Waals surface area (Å²) in [5, 5.41) is 13.1. The first-order valence-electron chi connectivity index (χ1n) is 9.49. The van der Waals surface area contributed by atoms with Crippen LogP contribution in [0.4, 0.5) is 0 Å². The zero-order chi connectivity index (χ0) is 20.2. The molecule has 0 saturated carbocycles. The Balaban J connectivity index is 1.83. The zero-order valence-electron chi connectivity index (χ0n) is 16.5. The largest absolute Gasteiger partial charge is 0.497 e. The first kappa shape index (κ1) is 19.5. The van der Waals surface area contributed by atoms with Crippen molar-refractivity contribution in [3.8, 4) is 5.75 Å². The number of ether oxygens (including phenoxy) is 3. The molecular weight excluding hydrogens is 376 g/mol. The van der Waals surface area contributed by atoms with Crippen LogP contribution < -0.4 is 10.3 Å². The zero-order valence-corrected chi connectivity index (χ0v) is 16.5. The minimum absolute atomic E-state index is 0.166. The van der Waals surface area contributed by atoms with Crippen molar-refractivity contribution < 1.29 is 14.2 Å². The Labute approximate surface area is 167 Å². The molecule has 0 unspecified atom stereocenters. The molecule has 1 saturated heterocycles. The molecule has 154 valence electrons. The third kappa shape index (κ3) is 4.00. The van der Waals surface area contributed by atoms with Crippen LogP contribution in [-0.2, 0) is 16.0 Å². The van der Waals surface area contributed by atoms with E-state index in [0.29, 0.717) is 50.8 Å². The van der Waals surface area contributed by atoms with Gasteiger partial charge in [0.15, 0.2) is 5.82 Å². The lowest BCUT2D eigenvalue weighted by Crippen LogP contribution is -2.42. The molecule has 1 fully saturated rings. The average Bonchev–Trinajstić information content (AvgIpc) is 3.21. The number of hydrogen-bond donors (Lipinski definition) is 1. The van der Waals surface area contributed by atoms with E-state index in [2.05, 4.69) is 25.4 Å². The standard InChI is InChI=1S/C19H24N6O4/c1-27-8-7-25-18(21-22-23-25)17(24-5-9-29-10-6-24)15-12-13-11-14(28-2)3-4-16(13)20-19(15)26/h3-4,11-12,17H,5-10H2,1-2H3,(H,20,26)/t17-/m0/s1. The Hall–Kier alpha value is -2.82. The van der Waals surface area contributed by atoms with E-state index in [1.807, 2.05) is 24.3 Å². The fourth-order valence-electron chi connectivity index (χ4n) is 3.61. The first-order valence-corrected chi connectivity index (χ1v) is 9.49. The fraction of sp³-hybridized carbons (Fsp3) is 0.474. The highest BCUT2D eigenvalue weighted by Gasteiger charge is 2.31. The molecule has 1 aliphatic rings. The van der Waals surface area contributed by atoms with Crippen molar-refractivity contribution in [1.29, 1.82) is 0 Å². The van der Waals surface area contributed by atoms with Gasteiger partial charge in [-0.15, -0.1) is 5.10 Å². The average molecular weight is 400 g/mol. The Morgan fingerprint density at radius 1 is 1.24 bits per heavy atom. The second-order valence-corrected chi connectivity index (χ2v) is 6.81. The molecule has 29 heavy (non-hydrogen) atoms. The van der Waals surface area contributed by atoms with Gasteiger partial charge in [-0.1, -0.05) is 0 Å². The Morgan fingerprint density at radius 3 is 2.83 bits per heavy atom. The molecule has 2 aromatic heterocycles. The number of aromatic nitrogens is 5. The highest BCUT2D eigenvalue weighted by molar-refractivity contribution is 5.80. The van der Waals surface area contributed by atoms with Crippen LogP contribution in [0.2, 0.25) is 0 Å². The molecule has 1 aliphatic heterocycles. The number of fused-ring (bicyclic) bond motifs is 1. The number of rotatable bonds is 7. The molecule has 1 atom stereocenters. The number of hydrogen-bond acceptors (Lipinski definition) is 8. The van der Waals surface area contributed by atoms with Crippen LogP contribution in [0.25, 0.3) is 10.9 Å². The van der Waals surface area contributed by atoms with Crippen LogP contribution >= 0.6 is 0 Å². The summed E-state index contributed by atoms with van der Waals surface area (Å²) in [5.41, 5.74) is 1.17. The quantitative estimate of drug-likeness (QED) is 0.614. The van der Waals surface area contributed by atoms with Crippen LogP contribution in [0.3, 0.4) is 0 Å². The van der Waals surface area contributed by atoms with E-state index in [9.17, 15) is 4.79 Å². The number of nitrogens with zero attached hydrogens (tertiary/aromatic N) is 5. The maximum absolute atomic E-state index is 13.0. The summed E-state index contributed by atoms with van der Waals surface area (Å²) in [4.78, 5) is 18.2. The number of H-pyrrole nitrogens is 1. The van der Waals surface area contributed by atoms with E-state index in [1.165, 1.54) is 0 Å². The second-order valence-electron chi connectivity index (χ2n) is 6.81. The molecule has 1 aromatic carbocycles. The lowest BCUT2D eigenvalue weighted by molar-refractivity contribution is 0.0211. The molecule has 3 heterocycles. The van der Waals surface area contributed by atoms with Crippen LogP contribution in [0.5, 0.6) is 5.75 Å². The van der Waals surface area contributed by atoms with Gasteiger partial charge in [0.2, 0.25) is 0 Å². The molecule has 0 bridgehead atoms. The van der Waals surface area contributed by atoms with Crippen LogP contribution in [0.1, 0.15) is 17.4 Å². The van der Waals surface area contributed by atoms with Crippen molar-refractivity contribution in [3.63, 3.8) is 0 Å². The molecule has 1 N–H and O–H groups in total. The summed E-state index contributed by atoms with van der Waals surface area (Å²) in [7, 11) is 3.25. The Bertz CT molecular complexity index is 1030. The predicted molar refractivity (Wildman–Crippen MR) is 105 cm³/mol. The maximum atomic E-state index is 13.0. The summed E-state index contributed by atoms with van der Waals surface area (Å²) in [6.07, 6.45) is 0. The second kappa shape index (κ2) is 8.68. The SMILES string of the molecule is COCCn1nnnc1[C@H](c1cc2cc(OC)ccc2[nH]c1=O)N1CCOCC1.